The number of hydrogen-bond donors (Lipinski definition) is 1. The van der Waals surface area contributed by atoms with Crippen LogP contribution in [0.3, 0.4) is 0 Å². The highest BCUT2D eigenvalue weighted by atomic mass is 33.1. The quantitative estimate of drug-likeness (QED) is 0.553. The Balaban J connectivity index is 0.000000561. The van der Waals surface area contributed by atoms with Gasteiger partial charge in [0.15, 0.2) is 6.29 Å². The molecule has 68 valence electrons. The first-order chi connectivity index (χ1) is 5.86. The molecule has 0 aromatic rings. The Morgan fingerprint density at radius 1 is 1.42 bits per heavy atom. The fourth-order valence-electron chi connectivity index (χ4n) is 0.470. The van der Waals surface area contributed by atoms with Crippen LogP contribution in [0, 0.1) is 0 Å². The maximum Gasteiger partial charge on any atom is 0.157 e. The molecule has 0 aliphatic carbocycles. The van der Waals surface area contributed by atoms with Crippen LogP contribution in [0.4, 0.5) is 0 Å². The Labute approximate surface area is 80.5 Å². The molecule has 0 aromatic heterocycles. The predicted octanol–water partition coefficient (Wildman–Crippen LogP) is 2.37. The van der Waals surface area contributed by atoms with Crippen molar-refractivity contribution in [2.24, 2.45) is 0 Å². The second-order valence-electron chi connectivity index (χ2n) is 1.64. The number of aliphatic hydroxyl groups is 1. The summed E-state index contributed by atoms with van der Waals surface area (Å²) >= 11 is 0. The highest BCUT2D eigenvalue weighted by molar-refractivity contribution is 8.79. The first-order valence-corrected chi connectivity index (χ1v) is 5.83. The van der Waals surface area contributed by atoms with Crippen molar-refractivity contribution >= 4 is 27.9 Å². The zero-order valence-electron chi connectivity index (χ0n) is 7.11. The molecule has 1 heterocycles. The van der Waals surface area contributed by atoms with Gasteiger partial charge in [-0.25, -0.2) is 0 Å². The summed E-state index contributed by atoms with van der Waals surface area (Å²) in [5, 5.41) is 8.63. The number of carbonyl (C=O) groups excluding carboxylic acids is 1. The molecule has 1 N–H and O–H groups in total. The molecule has 1 aliphatic heterocycles. The Morgan fingerprint density at radius 3 is 2.42 bits per heavy atom. The van der Waals surface area contributed by atoms with E-state index in [1.54, 1.807) is 12.2 Å². The van der Waals surface area contributed by atoms with Crippen molar-refractivity contribution in [3.05, 3.63) is 22.0 Å². The van der Waals surface area contributed by atoms with E-state index in [9.17, 15) is 4.79 Å². The molecule has 0 unspecified atom stereocenters. The molecule has 2 nitrogen and oxygen atoms in total. The van der Waals surface area contributed by atoms with E-state index in [1.807, 2.05) is 13.8 Å². The van der Waals surface area contributed by atoms with Crippen LogP contribution in [0.1, 0.15) is 13.8 Å². The lowest BCUT2D eigenvalue weighted by Gasteiger charge is -2.05. The Morgan fingerprint density at radius 2 is 2.08 bits per heavy atom. The average Bonchev–Trinajstić information content (AvgIpc) is 2.21. The van der Waals surface area contributed by atoms with E-state index in [4.69, 9.17) is 5.11 Å². The van der Waals surface area contributed by atoms with E-state index in [2.05, 4.69) is 0 Å². The van der Waals surface area contributed by atoms with Gasteiger partial charge in [0.2, 0.25) is 0 Å². The van der Waals surface area contributed by atoms with Crippen LogP contribution >= 0.6 is 21.6 Å². The summed E-state index contributed by atoms with van der Waals surface area (Å²) in [5.74, 6) is 0. The molecule has 0 saturated heterocycles. The lowest BCUT2D eigenvalue weighted by atomic mass is 10.4. The van der Waals surface area contributed by atoms with Gasteiger partial charge in [0.05, 0.1) is 11.5 Å². The molecule has 0 spiro atoms. The Bertz CT molecular complexity index is 197. The topological polar surface area (TPSA) is 37.3 Å². The van der Waals surface area contributed by atoms with Crippen molar-refractivity contribution in [3.8, 4) is 0 Å². The third-order valence-electron chi connectivity index (χ3n) is 0.950. The van der Waals surface area contributed by atoms with Gasteiger partial charge in [0, 0.05) is 4.91 Å². The lowest BCUT2D eigenvalue weighted by Crippen LogP contribution is -1.87. The smallest absolute Gasteiger partial charge is 0.157 e. The van der Waals surface area contributed by atoms with Crippen LogP contribution < -0.4 is 0 Å². The zero-order chi connectivity index (χ0) is 9.40. The molecule has 0 radical (unpaired) electrons. The van der Waals surface area contributed by atoms with Crippen molar-refractivity contribution in [3.63, 3.8) is 0 Å². The largest absolute Gasteiger partial charge is 0.391 e. The molecule has 0 atom stereocenters. The van der Waals surface area contributed by atoms with Crippen LogP contribution in [0.25, 0.3) is 0 Å². The van der Waals surface area contributed by atoms with Gasteiger partial charge in [-0.15, -0.1) is 0 Å². The highest BCUT2D eigenvalue weighted by Gasteiger charge is 2.04. The van der Waals surface area contributed by atoms with Gasteiger partial charge in [-0.3, -0.25) is 4.79 Å². The molecule has 0 saturated carbocycles. The second-order valence-corrected chi connectivity index (χ2v) is 3.97. The summed E-state index contributed by atoms with van der Waals surface area (Å²) in [7, 11) is 2.80. The van der Waals surface area contributed by atoms with Crippen molar-refractivity contribution in [2.75, 3.05) is 6.61 Å². The summed E-state index contributed by atoms with van der Waals surface area (Å²) in [4.78, 5) is 11.7. The summed E-state index contributed by atoms with van der Waals surface area (Å²) in [6.45, 7) is 4.06. The van der Waals surface area contributed by atoms with E-state index in [0.29, 0.717) is 4.91 Å². The van der Waals surface area contributed by atoms with E-state index in [0.717, 1.165) is 11.2 Å². The van der Waals surface area contributed by atoms with E-state index >= 15 is 0 Å². The fraction of sp³-hybridized carbons (Fsp3) is 0.375. The van der Waals surface area contributed by atoms with Crippen LogP contribution in [0.2, 0.25) is 0 Å². The van der Waals surface area contributed by atoms with Crippen molar-refractivity contribution in [1.29, 1.82) is 0 Å². The van der Waals surface area contributed by atoms with Crippen LogP contribution in [-0.2, 0) is 4.79 Å². The molecule has 0 amide bonds. The molecule has 4 heteroatoms. The number of hydrogen-bond acceptors (Lipinski definition) is 4. The van der Waals surface area contributed by atoms with Crippen molar-refractivity contribution < 1.29 is 9.90 Å². The monoisotopic (exact) mass is 204 g/mol. The molecule has 1 rings (SSSR count). The minimum atomic E-state index is 0.0559. The van der Waals surface area contributed by atoms with Crippen LogP contribution in [-0.4, -0.2) is 18.0 Å². The van der Waals surface area contributed by atoms with E-state index < -0.39 is 0 Å². The molecular weight excluding hydrogens is 192 g/mol. The van der Waals surface area contributed by atoms with Crippen molar-refractivity contribution in [1.82, 2.24) is 0 Å². The Hall–Kier alpha value is -0.190. The van der Waals surface area contributed by atoms with Gasteiger partial charge in [-0.05, 0) is 22.9 Å². The minimum absolute atomic E-state index is 0.0559. The van der Waals surface area contributed by atoms with Gasteiger partial charge >= 0.3 is 0 Å². The molecular formula is C8H12O2S2. The van der Waals surface area contributed by atoms with E-state index in [-0.39, 0.29) is 6.61 Å². The van der Waals surface area contributed by atoms with Gasteiger partial charge in [0.1, 0.15) is 0 Å². The lowest BCUT2D eigenvalue weighted by molar-refractivity contribution is -0.104. The van der Waals surface area contributed by atoms with Gasteiger partial charge in [-0.2, -0.15) is 0 Å². The highest BCUT2D eigenvalue weighted by Crippen LogP contribution is 2.38. The predicted molar refractivity (Wildman–Crippen MR) is 55.8 cm³/mol. The van der Waals surface area contributed by atoms with Crippen molar-refractivity contribution in [2.45, 2.75) is 13.8 Å². The van der Waals surface area contributed by atoms with Crippen LogP contribution in [0.5, 0.6) is 0 Å². The first-order valence-electron chi connectivity index (χ1n) is 3.68. The van der Waals surface area contributed by atoms with E-state index in [1.165, 1.54) is 21.6 Å². The standard InChI is InChI=1S/C6H6O2S2.C2H6/c7-3-5-1-2-6(4-8)10-9-5;1-2/h1-3,8H,4H2;1-2H3. The summed E-state index contributed by atoms with van der Waals surface area (Å²) < 4.78 is 0. The summed E-state index contributed by atoms with van der Waals surface area (Å²) in [5.41, 5.74) is 0. The number of allylic oxidation sites excluding steroid dienone is 3. The van der Waals surface area contributed by atoms with Gasteiger partial charge in [0.25, 0.3) is 0 Å². The average molecular weight is 204 g/mol. The summed E-state index contributed by atoms with van der Waals surface area (Å²) in [6.07, 6.45) is 4.27. The molecule has 0 bridgehead atoms. The number of rotatable bonds is 2. The number of aldehydes is 1. The number of aliphatic hydroxyl groups excluding tert-OH is 1. The Kier molecular flexibility index (Phi) is 7.34. The molecule has 1 aliphatic rings. The maximum absolute atomic E-state index is 10.2. The zero-order valence-corrected chi connectivity index (χ0v) is 8.74. The second kappa shape index (κ2) is 7.46. The third kappa shape index (κ3) is 3.99. The first kappa shape index (κ1) is 11.8. The fourth-order valence-corrected chi connectivity index (χ4v) is 2.23. The van der Waals surface area contributed by atoms with Gasteiger partial charge in [-0.1, -0.05) is 24.6 Å². The van der Waals surface area contributed by atoms with Gasteiger partial charge < -0.3 is 5.11 Å². The normalized spacial score (nSPS) is 15.2. The molecule has 0 aromatic carbocycles. The summed E-state index contributed by atoms with van der Waals surface area (Å²) in [6, 6.07) is 0. The van der Waals surface area contributed by atoms with Crippen LogP contribution in [0.15, 0.2) is 22.0 Å². The number of carbonyl (C=O) groups is 1. The third-order valence-corrected chi connectivity index (χ3v) is 3.41. The molecule has 0 fully saturated rings. The SMILES string of the molecule is CC.O=CC1=CC=C(CO)SS1. The maximum atomic E-state index is 10.2. The minimum Gasteiger partial charge on any atom is -0.391 e. The molecule has 12 heavy (non-hydrogen) atoms.